The minimum Gasteiger partial charge on any atom is -0.434 e. The predicted octanol–water partition coefficient (Wildman–Crippen LogP) is 4.54. The second-order valence-electron chi connectivity index (χ2n) is 6.45. The van der Waals surface area contributed by atoms with Gasteiger partial charge in [-0.2, -0.15) is 14.0 Å². The summed E-state index contributed by atoms with van der Waals surface area (Å²) in [7, 11) is 0. The lowest BCUT2D eigenvalue weighted by atomic mass is 10.1. The Bertz CT molecular complexity index is 1180. The van der Waals surface area contributed by atoms with Gasteiger partial charge in [-0.05, 0) is 42.0 Å². The van der Waals surface area contributed by atoms with E-state index in [2.05, 4.69) is 15.8 Å². The molecule has 0 aliphatic carbocycles. The summed E-state index contributed by atoms with van der Waals surface area (Å²) in [4.78, 5) is 8.75. The van der Waals surface area contributed by atoms with Crippen molar-refractivity contribution in [2.45, 2.75) is 19.6 Å². The van der Waals surface area contributed by atoms with E-state index in [1.165, 1.54) is 6.07 Å². The van der Waals surface area contributed by atoms with Crippen LogP contribution < -0.4 is 4.74 Å². The van der Waals surface area contributed by atoms with Gasteiger partial charge in [0.2, 0.25) is 0 Å². The van der Waals surface area contributed by atoms with Gasteiger partial charge >= 0.3 is 6.61 Å². The first-order chi connectivity index (χ1) is 14.1. The summed E-state index contributed by atoms with van der Waals surface area (Å²) in [6.45, 7) is -2.62. The zero-order chi connectivity index (χ0) is 20.2. The van der Waals surface area contributed by atoms with E-state index < -0.39 is 6.61 Å². The molecule has 0 fully saturated rings. The molecule has 0 saturated heterocycles. The van der Waals surface area contributed by atoms with Gasteiger partial charge in [0, 0.05) is 24.4 Å². The van der Waals surface area contributed by atoms with E-state index in [0.717, 1.165) is 22.4 Å². The number of ether oxygens (including phenoxy) is 1. The number of hydrogen-bond donors (Lipinski definition) is 0. The third-order valence-corrected chi connectivity index (χ3v) is 4.59. The van der Waals surface area contributed by atoms with E-state index in [1.54, 1.807) is 48.8 Å². The fourth-order valence-electron chi connectivity index (χ4n) is 3.25. The molecule has 0 unspecified atom stereocenters. The third-order valence-electron chi connectivity index (χ3n) is 4.59. The molecule has 0 spiro atoms. The van der Waals surface area contributed by atoms with Gasteiger partial charge in [0.25, 0.3) is 0 Å². The second kappa shape index (κ2) is 8.07. The molecule has 0 atom stereocenters. The van der Waals surface area contributed by atoms with Crippen molar-refractivity contribution in [3.05, 3.63) is 89.5 Å². The molecule has 0 aliphatic heterocycles. The summed E-state index contributed by atoms with van der Waals surface area (Å²) in [5.74, 6) is 0.879. The Kier molecular flexibility index (Phi) is 5.16. The molecule has 4 rings (SSSR count). The average Bonchev–Trinajstić information content (AvgIpc) is 3.06. The standard InChI is InChI=1S/C22H16F2N4O/c23-22(24)29-20-4-2-1-3-17(20)14-28-19-11-16(13-25)5-6-18(19)27-21(28)12-15-7-9-26-10-8-15/h1-11,22H,12,14H2. The van der Waals surface area contributed by atoms with Crippen LogP contribution in [-0.2, 0) is 13.0 Å². The Balaban J connectivity index is 1.81. The zero-order valence-electron chi connectivity index (χ0n) is 15.3. The predicted molar refractivity (Wildman–Crippen MR) is 104 cm³/mol. The number of halogens is 2. The number of nitriles is 1. The topological polar surface area (TPSA) is 63.7 Å². The normalized spacial score (nSPS) is 11.0. The summed E-state index contributed by atoms with van der Waals surface area (Å²) in [5.41, 5.74) is 3.63. The van der Waals surface area contributed by atoms with Gasteiger partial charge in [-0.3, -0.25) is 4.98 Å². The number of benzene rings is 2. The van der Waals surface area contributed by atoms with Crippen LogP contribution in [0.15, 0.2) is 67.0 Å². The van der Waals surface area contributed by atoms with E-state index in [-0.39, 0.29) is 12.3 Å². The first kappa shape index (κ1) is 18.6. The lowest BCUT2D eigenvalue weighted by Crippen LogP contribution is -2.09. The van der Waals surface area contributed by atoms with Crippen molar-refractivity contribution in [2.24, 2.45) is 0 Å². The van der Waals surface area contributed by atoms with Gasteiger partial charge < -0.3 is 9.30 Å². The number of imidazole rings is 1. The molecule has 2 heterocycles. The molecule has 4 aromatic rings. The van der Waals surface area contributed by atoms with Crippen LogP contribution in [0.3, 0.4) is 0 Å². The molecular formula is C22H16F2N4O. The molecule has 0 bridgehead atoms. The number of aromatic nitrogens is 3. The second-order valence-corrected chi connectivity index (χ2v) is 6.45. The van der Waals surface area contributed by atoms with Crippen molar-refractivity contribution in [3.63, 3.8) is 0 Å². The molecule has 2 aromatic carbocycles. The highest BCUT2D eigenvalue weighted by Gasteiger charge is 2.16. The first-order valence-electron chi connectivity index (χ1n) is 8.95. The number of fused-ring (bicyclic) bond motifs is 1. The van der Waals surface area contributed by atoms with Gasteiger partial charge in [-0.25, -0.2) is 4.98 Å². The molecule has 29 heavy (non-hydrogen) atoms. The fourth-order valence-corrected chi connectivity index (χ4v) is 3.25. The molecule has 0 radical (unpaired) electrons. The van der Waals surface area contributed by atoms with Crippen molar-refractivity contribution in [1.29, 1.82) is 5.26 Å². The number of hydrogen-bond acceptors (Lipinski definition) is 4. The van der Waals surface area contributed by atoms with Crippen molar-refractivity contribution in [2.75, 3.05) is 0 Å². The van der Waals surface area contributed by atoms with Crippen LogP contribution in [0.5, 0.6) is 5.75 Å². The van der Waals surface area contributed by atoms with Crippen LogP contribution in [0.2, 0.25) is 0 Å². The summed E-state index contributed by atoms with van der Waals surface area (Å²) in [5, 5.41) is 9.27. The largest absolute Gasteiger partial charge is 0.434 e. The fraction of sp³-hybridized carbons (Fsp3) is 0.136. The van der Waals surface area contributed by atoms with Gasteiger partial charge in [0.15, 0.2) is 0 Å². The first-order valence-corrected chi connectivity index (χ1v) is 8.95. The van der Waals surface area contributed by atoms with E-state index in [4.69, 9.17) is 4.98 Å². The summed E-state index contributed by atoms with van der Waals surface area (Å²) in [6.07, 6.45) is 3.96. The highest BCUT2D eigenvalue weighted by molar-refractivity contribution is 5.78. The van der Waals surface area contributed by atoms with Crippen LogP contribution in [-0.4, -0.2) is 21.1 Å². The average molecular weight is 390 g/mol. The number of alkyl halides is 2. The van der Waals surface area contributed by atoms with Crippen LogP contribution >= 0.6 is 0 Å². The summed E-state index contributed by atoms with van der Waals surface area (Å²) in [6, 6.07) is 17.9. The van der Waals surface area contributed by atoms with E-state index in [9.17, 15) is 14.0 Å². The highest BCUT2D eigenvalue weighted by Crippen LogP contribution is 2.26. The van der Waals surface area contributed by atoms with Crippen molar-refractivity contribution >= 4 is 11.0 Å². The summed E-state index contributed by atoms with van der Waals surface area (Å²) >= 11 is 0. The van der Waals surface area contributed by atoms with Crippen molar-refractivity contribution < 1.29 is 13.5 Å². The number of nitrogens with zero attached hydrogens (tertiary/aromatic N) is 4. The van der Waals surface area contributed by atoms with E-state index in [1.807, 2.05) is 16.7 Å². The lowest BCUT2D eigenvalue weighted by Gasteiger charge is -2.14. The molecule has 0 amide bonds. The zero-order valence-corrected chi connectivity index (χ0v) is 15.3. The van der Waals surface area contributed by atoms with Gasteiger partial charge in [-0.1, -0.05) is 18.2 Å². The molecule has 0 N–H and O–H groups in total. The Labute approximate surface area is 165 Å². The SMILES string of the molecule is N#Cc1ccc2nc(Cc3ccncc3)n(Cc3ccccc3OC(F)F)c2c1. The maximum atomic E-state index is 12.8. The van der Waals surface area contributed by atoms with Gasteiger partial charge in [0.05, 0.1) is 29.2 Å². The van der Waals surface area contributed by atoms with Gasteiger partial charge in [-0.15, -0.1) is 0 Å². The van der Waals surface area contributed by atoms with Crippen molar-refractivity contribution in [1.82, 2.24) is 14.5 Å². The lowest BCUT2D eigenvalue weighted by molar-refractivity contribution is -0.0504. The minimum atomic E-state index is -2.91. The van der Waals surface area contributed by atoms with Gasteiger partial charge in [0.1, 0.15) is 11.6 Å². The van der Waals surface area contributed by atoms with E-state index in [0.29, 0.717) is 17.5 Å². The number of para-hydroxylation sites is 1. The van der Waals surface area contributed by atoms with Crippen molar-refractivity contribution in [3.8, 4) is 11.8 Å². The van der Waals surface area contributed by atoms with Crippen LogP contribution in [0.4, 0.5) is 8.78 Å². The van der Waals surface area contributed by atoms with Crippen LogP contribution in [0.1, 0.15) is 22.5 Å². The summed E-state index contributed by atoms with van der Waals surface area (Å²) < 4.78 is 32.2. The molecule has 144 valence electrons. The Morgan fingerprint density at radius 3 is 2.62 bits per heavy atom. The maximum absolute atomic E-state index is 12.8. The minimum absolute atomic E-state index is 0.121. The van der Waals surface area contributed by atoms with E-state index >= 15 is 0 Å². The molecule has 0 saturated carbocycles. The third kappa shape index (κ3) is 4.06. The molecule has 5 nitrogen and oxygen atoms in total. The monoisotopic (exact) mass is 390 g/mol. The number of rotatable bonds is 6. The molecular weight excluding hydrogens is 374 g/mol. The quantitative estimate of drug-likeness (QED) is 0.485. The molecule has 7 heteroatoms. The highest BCUT2D eigenvalue weighted by atomic mass is 19.3. The van der Waals surface area contributed by atoms with Crippen LogP contribution in [0, 0.1) is 11.3 Å². The van der Waals surface area contributed by atoms with Crippen LogP contribution in [0.25, 0.3) is 11.0 Å². The Morgan fingerprint density at radius 1 is 1.07 bits per heavy atom. The smallest absolute Gasteiger partial charge is 0.387 e. The molecule has 0 aliphatic rings. The Morgan fingerprint density at radius 2 is 1.86 bits per heavy atom. The number of pyridine rings is 1. The Hall–Kier alpha value is -3.79. The molecule has 2 aromatic heterocycles. The maximum Gasteiger partial charge on any atom is 0.387 e.